The van der Waals surface area contributed by atoms with Crippen LogP contribution in [0, 0.1) is 7.14 Å². The number of halogens is 2. The molecule has 24 heavy (non-hydrogen) atoms. The third kappa shape index (κ3) is 3.24. The number of methoxy groups -OCH3 is 1. The Morgan fingerprint density at radius 1 is 1.17 bits per heavy atom. The Kier molecular flexibility index (Phi) is 5.04. The number of rotatable bonds is 3. The summed E-state index contributed by atoms with van der Waals surface area (Å²) in [5.41, 5.74) is 0.230. The molecule has 0 aliphatic carbocycles. The number of benzene rings is 2. The number of nitrogens with one attached hydrogen (secondary N) is 1. The summed E-state index contributed by atoms with van der Waals surface area (Å²) in [5, 5.41) is 4.46. The SMILES string of the molecule is COc1c(I)cc(C=Nn2c(=O)[nH]c3ccccc3c2=O)cc1I. The zero-order valence-electron chi connectivity index (χ0n) is 12.4. The molecule has 3 aromatic rings. The Labute approximate surface area is 163 Å². The minimum absolute atomic E-state index is 0.410. The van der Waals surface area contributed by atoms with E-state index >= 15 is 0 Å². The molecule has 0 aliphatic rings. The lowest BCUT2D eigenvalue weighted by atomic mass is 10.2. The van der Waals surface area contributed by atoms with Crippen molar-refractivity contribution in [1.82, 2.24) is 9.66 Å². The van der Waals surface area contributed by atoms with Gasteiger partial charge in [0, 0.05) is 0 Å². The fourth-order valence-corrected chi connectivity index (χ4v) is 4.49. The lowest BCUT2D eigenvalue weighted by Crippen LogP contribution is -2.32. The summed E-state index contributed by atoms with van der Waals surface area (Å²) in [7, 11) is 1.61. The van der Waals surface area contributed by atoms with E-state index in [0.29, 0.717) is 10.9 Å². The maximum Gasteiger partial charge on any atom is 0.349 e. The lowest BCUT2D eigenvalue weighted by molar-refractivity contribution is 0.409. The highest BCUT2D eigenvalue weighted by atomic mass is 127. The van der Waals surface area contributed by atoms with Crippen LogP contribution in [0.1, 0.15) is 5.56 Å². The fraction of sp³-hybridized carbons (Fsp3) is 0.0625. The van der Waals surface area contributed by atoms with Crippen molar-refractivity contribution in [3.05, 3.63) is 69.9 Å². The van der Waals surface area contributed by atoms with Crippen LogP contribution in [0.3, 0.4) is 0 Å². The van der Waals surface area contributed by atoms with Gasteiger partial charge in [-0.25, -0.2) is 4.79 Å². The van der Waals surface area contributed by atoms with Crippen LogP contribution in [-0.4, -0.2) is 23.0 Å². The Balaban J connectivity index is 2.09. The van der Waals surface area contributed by atoms with Crippen molar-refractivity contribution < 1.29 is 4.74 Å². The summed E-state index contributed by atoms with van der Waals surface area (Å²) in [6.45, 7) is 0. The van der Waals surface area contributed by atoms with Gasteiger partial charge in [-0.3, -0.25) is 4.79 Å². The molecule has 0 unspecified atom stereocenters. The van der Waals surface area contributed by atoms with Gasteiger partial charge in [0.15, 0.2) is 0 Å². The maximum absolute atomic E-state index is 12.4. The molecule has 0 bridgehead atoms. The third-order valence-corrected chi connectivity index (χ3v) is 4.93. The van der Waals surface area contributed by atoms with Crippen LogP contribution in [0.5, 0.6) is 5.75 Å². The minimum atomic E-state index is -0.576. The number of hydrogen-bond donors (Lipinski definition) is 1. The van der Waals surface area contributed by atoms with Gasteiger partial charge in [-0.2, -0.15) is 5.10 Å². The first-order chi connectivity index (χ1) is 11.5. The molecule has 0 spiro atoms. The molecule has 122 valence electrons. The first-order valence-corrected chi connectivity index (χ1v) is 8.98. The van der Waals surface area contributed by atoms with E-state index in [9.17, 15) is 9.59 Å². The monoisotopic (exact) mass is 547 g/mol. The molecule has 0 amide bonds. The molecular weight excluding hydrogens is 536 g/mol. The summed E-state index contributed by atoms with van der Waals surface area (Å²) >= 11 is 4.33. The van der Waals surface area contributed by atoms with Crippen molar-refractivity contribution in [1.29, 1.82) is 0 Å². The molecule has 8 heteroatoms. The highest BCUT2D eigenvalue weighted by molar-refractivity contribution is 14.1. The molecule has 0 radical (unpaired) electrons. The topological polar surface area (TPSA) is 76.5 Å². The van der Waals surface area contributed by atoms with Gasteiger partial charge in [0.1, 0.15) is 5.75 Å². The Morgan fingerprint density at radius 2 is 1.83 bits per heavy atom. The van der Waals surface area contributed by atoms with E-state index in [-0.39, 0.29) is 0 Å². The molecular formula is C16H11I2N3O3. The predicted octanol–water partition coefficient (Wildman–Crippen LogP) is 2.79. The van der Waals surface area contributed by atoms with Gasteiger partial charge in [-0.05, 0) is 75.0 Å². The van der Waals surface area contributed by atoms with E-state index in [4.69, 9.17) is 4.74 Å². The number of aromatic nitrogens is 2. The van der Waals surface area contributed by atoms with Gasteiger partial charge in [-0.1, -0.05) is 12.1 Å². The minimum Gasteiger partial charge on any atom is -0.495 e. The Hall–Kier alpha value is -1.69. The fourth-order valence-electron chi connectivity index (χ4n) is 2.23. The highest BCUT2D eigenvalue weighted by Gasteiger charge is 2.08. The van der Waals surface area contributed by atoms with Crippen LogP contribution in [0.2, 0.25) is 0 Å². The quantitative estimate of drug-likeness (QED) is 0.405. The molecule has 2 aromatic carbocycles. The van der Waals surface area contributed by atoms with Crippen molar-refractivity contribution in [2.45, 2.75) is 0 Å². The molecule has 0 aliphatic heterocycles. The number of para-hydroxylation sites is 1. The second-order valence-electron chi connectivity index (χ2n) is 4.86. The molecule has 0 saturated heterocycles. The van der Waals surface area contributed by atoms with Crippen molar-refractivity contribution in [2.24, 2.45) is 5.10 Å². The zero-order chi connectivity index (χ0) is 17.3. The van der Waals surface area contributed by atoms with Gasteiger partial charge in [-0.15, -0.1) is 4.68 Å². The second kappa shape index (κ2) is 7.05. The first-order valence-electron chi connectivity index (χ1n) is 6.82. The molecule has 1 aromatic heterocycles. The van der Waals surface area contributed by atoms with Crippen molar-refractivity contribution in [3.8, 4) is 5.75 Å². The number of hydrogen-bond acceptors (Lipinski definition) is 4. The molecule has 1 heterocycles. The molecule has 6 nitrogen and oxygen atoms in total. The number of fused-ring (bicyclic) bond motifs is 1. The van der Waals surface area contributed by atoms with E-state index in [0.717, 1.165) is 23.1 Å². The Morgan fingerprint density at radius 3 is 2.50 bits per heavy atom. The first kappa shape index (κ1) is 17.1. The smallest absolute Gasteiger partial charge is 0.349 e. The van der Waals surface area contributed by atoms with Gasteiger partial charge < -0.3 is 9.72 Å². The largest absolute Gasteiger partial charge is 0.495 e. The van der Waals surface area contributed by atoms with Crippen molar-refractivity contribution >= 4 is 62.3 Å². The zero-order valence-corrected chi connectivity index (χ0v) is 16.7. The van der Waals surface area contributed by atoms with E-state index in [1.54, 1.807) is 31.4 Å². The number of nitrogens with zero attached hydrogens (tertiary/aromatic N) is 2. The Bertz CT molecular complexity index is 1050. The average Bonchev–Trinajstić information content (AvgIpc) is 2.54. The lowest BCUT2D eigenvalue weighted by Gasteiger charge is -2.07. The summed E-state index contributed by atoms with van der Waals surface area (Å²) in [4.78, 5) is 27.1. The van der Waals surface area contributed by atoms with Crippen LogP contribution >= 0.6 is 45.2 Å². The van der Waals surface area contributed by atoms with E-state index in [1.807, 2.05) is 12.1 Å². The van der Waals surface area contributed by atoms with Crippen LogP contribution in [-0.2, 0) is 0 Å². The molecule has 0 fully saturated rings. The van der Waals surface area contributed by atoms with Gasteiger partial charge in [0.2, 0.25) is 0 Å². The van der Waals surface area contributed by atoms with Gasteiger partial charge >= 0.3 is 5.69 Å². The molecule has 3 rings (SSSR count). The molecule has 0 saturated carbocycles. The van der Waals surface area contributed by atoms with E-state index in [2.05, 4.69) is 55.3 Å². The number of H-pyrrole nitrogens is 1. The van der Waals surface area contributed by atoms with Crippen LogP contribution in [0.15, 0.2) is 51.1 Å². The van der Waals surface area contributed by atoms with Crippen LogP contribution in [0.25, 0.3) is 10.9 Å². The van der Waals surface area contributed by atoms with Crippen LogP contribution < -0.4 is 16.0 Å². The highest BCUT2D eigenvalue weighted by Crippen LogP contribution is 2.27. The summed E-state index contributed by atoms with van der Waals surface area (Å²) in [5.74, 6) is 0.786. The number of ether oxygens (including phenoxy) is 1. The van der Waals surface area contributed by atoms with Crippen molar-refractivity contribution in [2.75, 3.05) is 7.11 Å². The third-order valence-electron chi connectivity index (χ3n) is 3.33. The standard InChI is InChI=1S/C16H11I2N3O3/c1-24-14-11(17)6-9(7-12(14)18)8-19-21-15(22)10-4-2-3-5-13(10)20-16(21)23/h2-8H,1H3,(H,20,23). The van der Waals surface area contributed by atoms with Gasteiger partial charge in [0.25, 0.3) is 5.56 Å². The average molecular weight is 547 g/mol. The second-order valence-corrected chi connectivity index (χ2v) is 7.18. The number of aromatic amines is 1. The van der Waals surface area contributed by atoms with Crippen LogP contribution in [0.4, 0.5) is 0 Å². The summed E-state index contributed by atoms with van der Waals surface area (Å²) in [6, 6.07) is 10.6. The predicted molar refractivity (Wildman–Crippen MR) is 110 cm³/mol. The summed E-state index contributed by atoms with van der Waals surface area (Å²) in [6.07, 6.45) is 1.48. The van der Waals surface area contributed by atoms with E-state index in [1.165, 1.54) is 6.21 Å². The van der Waals surface area contributed by atoms with E-state index < -0.39 is 11.2 Å². The van der Waals surface area contributed by atoms with Crippen molar-refractivity contribution in [3.63, 3.8) is 0 Å². The normalized spacial score (nSPS) is 11.3. The molecule has 0 atom stereocenters. The summed E-state index contributed by atoms with van der Waals surface area (Å²) < 4.78 is 7.98. The maximum atomic E-state index is 12.4. The molecule has 1 N–H and O–H groups in total. The van der Waals surface area contributed by atoms with Gasteiger partial charge in [0.05, 0.1) is 31.4 Å².